The van der Waals surface area contributed by atoms with Crippen molar-refractivity contribution in [3.63, 3.8) is 0 Å². The summed E-state index contributed by atoms with van der Waals surface area (Å²) >= 11 is 0. The second-order valence-corrected chi connectivity index (χ2v) is 9.16. The third-order valence-corrected chi connectivity index (χ3v) is 7.08. The number of carbonyl (C=O) groups is 1. The Bertz CT molecular complexity index is 986. The van der Waals surface area contributed by atoms with Gasteiger partial charge in [-0.2, -0.15) is 8.42 Å². The molecule has 2 aromatic rings. The first-order chi connectivity index (χ1) is 13.5. The molecule has 0 atom stereocenters. The van der Waals surface area contributed by atoms with Gasteiger partial charge in [0.05, 0.1) is 17.9 Å². The van der Waals surface area contributed by atoms with Crippen molar-refractivity contribution in [3.05, 3.63) is 59.7 Å². The summed E-state index contributed by atoms with van der Waals surface area (Å²) in [6, 6.07) is 15.6. The van der Waals surface area contributed by atoms with Gasteiger partial charge in [0, 0.05) is 19.0 Å². The number of hydrogen-bond acceptors (Lipinski definition) is 3. The highest BCUT2D eigenvalue weighted by atomic mass is 32.2. The predicted molar refractivity (Wildman–Crippen MR) is 111 cm³/mol. The molecule has 148 valence electrons. The average molecular weight is 400 g/mol. The largest absolute Gasteiger partial charge is 0.354 e. The van der Waals surface area contributed by atoms with E-state index in [-0.39, 0.29) is 18.5 Å². The van der Waals surface area contributed by atoms with Crippen molar-refractivity contribution in [3.8, 4) is 0 Å². The first-order valence-corrected chi connectivity index (χ1v) is 11.1. The summed E-state index contributed by atoms with van der Waals surface area (Å²) in [6.07, 6.45) is 2.86. The summed E-state index contributed by atoms with van der Waals surface area (Å²) in [7, 11) is -3.57. The predicted octanol–water partition coefficient (Wildman–Crippen LogP) is 2.78. The molecule has 2 aromatic carbocycles. The molecule has 4 rings (SSSR count). The van der Waals surface area contributed by atoms with Crippen LogP contribution in [0.5, 0.6) is 0 Å². The molecule has 0 radical (unpaired) electrons. The van der Waals surface area contributed by atoms with E-state index in [2.05, 4.69) is 11.4 Å². The Labute approximate surface area is 166 Å². The van der Waals surface area contributed by atoms with Gasteiger partial charge in [-0.1, -0.05) is 42.0 Å². The van der Waals surface area contributed by atoms with E-state index >= 15 is 0 Å². The standard InChI is InChI=1S/C21H25N3O3S/c1-16-5-4-6-17(15-16)9-12-21(25)22-13-14-23-19-7-2-3-8-20(19)24(18-10-11-18)28(23,26)27/h2-8,15,18H,9-14H2,1H3,(H,22,25). The van der Waals surface area contributed by atoms with Gasteiger partial charge in [0.2, 0.25) is 5.91 Å². The molecule has 7 heteroatoms. The maximum atomic E-state index is 13.0. The maximum Gasteiger partial charge on any atom is 0.326 e. The van der Waals surface area contributed by atoms with Gasteiger partial charge in [0.25, 0.3) is 0 Å². The fourth-order valence-corrected chi connectivity index (χ4v) is 5.58. The Morgan fingerprint density at radius 1 is 1.11 bits per heavy atom. The number of hydrogen-bond donors (Lipinski definition) is 1. The molecular weight excluding hydrogens is 374 g/mol. The lowest BCUT2D eigenvalue weighted by atomic mass is 10.1. The second kappa shape index (κ2) is 7.47. The van der Waals surface area contributed by atoms with E-state index in [0.717, 1.165) is 24.1 Å². The minimum atomic E-state index is -3.57. The fraction of sp³-hybridized carbons (Fsp3) is 0.381. The van der Waals surface area contributed by atoms with Gasteiger partial charge in [0.1, 0.15) is 0 Å². The van der Waals surface area contributed by atoms with Crippen LogP contribution in [0.25, 0.3) is 0 Å². The van der Waals surface area contributed by atoms with Crippen LogP contribution in [0.3, 0.4) is 0 Å². The zero-order valence-corrected chi connectivity index (χ0v) is 16.8. The number of aryl methyl sites for hydroxylation is 2. The maximum absolute atomic E-state index is 13.0. The van der Waals surface area contributed by atoms with E-state index in [0.29, 0.717) is 25.1 Å². The average Bonchev–Trinajstić information content (AvgIpc) is 3.46. The molecule has 1 heterocycles. The van der Waals surface area contributed by atoms with E-state index in [1.54, 1.807) is 4.31 Å². The molecule has 0 saturated heterocycles. The molecule has 28 heavy (non-hydrogen) atoms. The highest BCUT2D eigenvalue weighted by Gasteiger charge is 2.47. The van der Waals surface area contributed by atoms with E-state index in [4.69, 9.17) is 0 Å². The molecule has 1 saturated carbocycles. The Morgan fingerprint density at radius 2 is 1.86 bits per heavy atom. The summed E-state index contributed by atoms with van der Waals surface area (Å²) < 4.78 is 28.9. The normalized spacial score (nSPS) is 17.5. The number of amides is 1. The van der Waals surface area contributed by atoms with Crippen molar-refractivity contribution in [2.45, 2.75) is 38.6 Å². The number of benzene rings is 2. The van der Waals surface area contributed by atoms with Crippen molar-refractivity contribution in [1.82, 2.24) is 5.32 Å². The lowest BCUT2D eigenvalue weighted by molar-refractivity contribution is -0.120. The highest BCUT2D eigenvalue weighted by Crippen LogP contribution is 2.46. The van der Waals surface area contributed by atoms with Crippen molar-refractivity contribution in [2.75, 3.05) is 21.7 Å². The molecule has 1 amide bonds. The van der Waals surface area contributed by atoms with Gasteiger partial charge < -0.3 is 5.32 Å². The Balaban J connectivity index is 1.35. The third kappa shape index (κ3) is 3.71. The number of nitrogens with zero attached hydrogens (tertiary/aromatic N) is 2. The van der Waals surface area contributed by atoms with E-state index in [1.165, 1.54) is 9.87 Å². The van der Waals surface area contributed by atoms with Crippen LogP contribution in [0.4, 0.5) is 11.4 Å². The molecule has 0 unspecified atom stereocenters. The highest BCUT2D eigenvalue weighted by molar-refractivity contribution is 7.94. The summed E-state index contributed by atoms with van der Waals surface area (Å²) in [5.74, 6) is -0.0644. The summed E-state index contributed by atoms with van der Waals surface area (Å²) in [5, 5.41) is 2.86. The molecule has 6 nitrogen and oxygen atoms in total. The molecule has 1 aliphatic heterocycles. The number of rotatable bonds is 7. The van der Waals surface area contributed by atoms with E-state index in [9.17, 15) is 13.2 Å². The number of carbonyl (C=O) groups excluding carboxylic acids is 1. The molecule has 1 aliphatic carbocycles. The Kier molecular flexibility index (Phi) is 5.02. The van der Waals surface area contributed by atoms with E-state index < -0.39 is 10.2 Å². The SMILES string of the molecule is Cc1cccc(CCC(=O)NCCN2c3ccccc3N(C3CC3)S2(=O)=O)c1. The topological polar surface area (TPSA) is 69.7 Å². The quantitative estimate of drug-likeness (QED) is 0.778. The summed E-state index contributed by atoms with van der Waals surface area (Å²) in [6.45, 7) is 2.56. The number of fused-ring (bicyclic) bond motifs is 1. The number of anilines is 2. The number of para-hydroxylation sites is 2. The zero-order chi connectivity index (χ0) is 19.7. The minimum absolute atomic E-state index is 0.0644. The van der Waals surface area contributed by atoms with Crippen LogP contribution in [0.1, 0.15) is 30.4 Å². The molecule has 1 fully saturated rings. The lowest BCUT2D eigenvalue weighted by Gasteiger charge is -2.21. The summed E-state index contributed by atoms with van der Waals surface area (Å²) in [4.78, 5) is 12.2. The fourth-order valence-electron chi connectivity index (χ4n) is 3.66. The van der Waals surface area contributed by atoms with Gasteiger partial charge in [0.15, 0.2) is 0 Å². The van der Waals surface area contributed by atoms with Gasteiger partial charge in [-0.05, 0) is 43.9 Å². The van der Waals surface area contributed by atoms with Crippen molar-refractivity contribution in [2.24, 2.45) is 0 Å². The van der Waals surface area contributed by atoms with Crippen LogP contribution < -0.4 is 13.9 Å². The molecule has 0 spiro atoms. The monoisotopic (exact) mass is 399 g/mol. The first kappa shape index (κ1) is 18.8. The van der Waals surface area contributed by atoms with Gasteiger partial charge in [-0.3, -0.25) is 4.79 Å². The first-order valence-electron chi connectivity index (χ1n) is 9.70. The zero-order valence-electron chi connectivity index (χ0n) is 16.0. The van der Waals surface area contributed by atoms with Crippen LogP contribution in [-0.2, 0) is 21.4 Å². The Hall–Kier alpha value is -2.54. The third-order valence-electron chi connectivity index (χ3n) is 5.15. The number of nitrogens with one attached hydrogen (secondary N) is 1. The smallest absolute Gasteiger partial charge is 0.326 e. The molecule has 1 N–H and O–H groups in total. The second-order valence-electron chi connectivity index (χ2n) is 7.43. The van der Waals surface area contributed by atoms with Crippen LogP contribution >= 0.6 is 0 Å². The van der Waals surface area contributed by atoms with Gasteiger partial charge >= 0.3 is 10.2 Å². The van der Waals surface area contributed by atoms with Crippen molar-refractivity contribution >= 4 is 27.5 Å². The van der Waals surface area contributed by atoms with Crippen LogP contribution in [-0.4, -0.2) is 33.5 Å². The molecule has 0 bridgehead atoms. The van der Waals surface area contributed by atoms with Crippen molar-refractivity contribution < 1.29 is 13.2 Å². The van der Waals surface area contributed by atoms with Crippen LogP contribution in [0.15, 0.2) is 48.5 Å². The van der Waals surface area contributed by atoms with Crippen LogP contribution in [0.2, 0.25) is 0 Å². The molecular formula is C21H25N3O3S. The van der Waals surface area contributed by atoms with Crippen LogP contribution in [0, 0.1) is 6.92 Å². The lowest BCUT2D eigenvalue weighted by Crippen LogP contribution is -2.42. The molecule has 2 aliphatic rings. The molecule has 0 aromatic heterocycles. The summed E-state index contributed by atoms with van der Waals surface area (Å²) in [5.41, 5.74) is 3.75. The Morgan fingerprint density at radius 3 is 2.57 bits per heavy atom. The minimum Gasteiger partial charge on any atom is -0.354 e. The van der Waals surface area contributed by atoms with Gasteiger partial charge in [-0.25, -0.2) is 8.61 Å². The van der Waals surface area contributed by atoms with Crippen molar-refractivity contribution in [1.29, 1.82) is 0 Å². The van der Waals surface area contributed by atoms with Gasteiger partial charge in [-0.15, -0.1) is 0 Å². The van der Waals surface area contributed by atoms with E-state index in [1.807, 2.05) is 49.4 Å².